The van der Waals surface area contributed by atoms with Crippen LogP contribution in [0.5, 0.6) is 11.5 Å². The molecule has 0 bridgehead atoms. The van der Waals surface area contributed by atoms with Crippen molar-refractivity contribution in [2.75, 3.05) is 33.9 Å². The van der Waals surface area contributed by atoms with Gasteiger partial charge in [-0.05, 0) is 29.8 Å². The SMILES string of the molecule is COc1cc2c(cc1OC)C[NH+](C1CCN(C(=O)c3ccc(C(=O)C(F)(F)F)s3)CC1)CC2. The van der Waals surface area contributed by atoms with Crippen molar-refractivity contribution in [2.45, 2.75) is 38.0 Å². The number of carbonyl (C=O) groups is 2. The molecule has 1 aromatic heterocycles. The molecule has 1 saturated heterocycles. The Morgan fingerprint density at radius 3 is 2.24 bits per heavy atom. The number of halogens is 3. The summed E-state index contributed by atoms with van der Waals surface area (Å²) >= 11 is 0.609. The quantitative estimate of drug-likeness (QED) is 0.665. The Bertz CT molecular complexity index is 1040. The first-order valence-electron chi connectivity index (χ1n) is 10.8. The summed E-state index contributed by atoms with van der Waals surface area (Å²) in [7, 11) is 3.25. The molecule has 0 spiro atoms. The molecular formula is C23H26F3N2O4S+. The Labute approximate surface area is 193 Å². The average Bonchev–Trinajstić information content (AvgIpc) is 3.31. The number of ketones is 1. The second-order valence-electron chi connectivity index (χ2n) is 8.37. The molecule has 4 rings (SSSR count). The predicted octanol–water partition coefficient (Wildman–Crippen LogP) is 2.76. The van der Waals surface area contributed by atoms with E-state index in [1.54, 1.807) is 19.1 Å². The number of fused-ring (bicyclic) bond motifs is 1. The second kappa shape index (κ2) is 9.34. The monoisotopic (exact) mass is 483 g/mol. The molecular weight excluding hydrogens is 457 g/mol. The third-order valence-corrected chi connectivity index (χ3v) is 7.57. The van der Waals surface area contributed by atoms with Gasteiger partial charge in [0.1, 0.15) is 6.54 Å². The Morgan fingerprint density at radius 1 is 1.03 bits per heavy atom. The number of benzene rings is 1. The fourth-order valence-electron chi connectivity index (χ4n) is 4.70. The zero-order chi connectivity index (χ0) is 23.8. The van der Waals surface area contributed by atoms with Crippen LogP contribution in [-0.4, -0.2) is 62.7 Å². The zero-order valence-corrected chi connectivity index (χ0v) is 19.3. The number of hydrogen-bond acceptors (Lipinski definition) is 5. The lowest BCUT2D eigenvalue weighted by molar-refractivity contribution is -0.942. The largest absolute Gasteiger partial charge is 0.493 e. The van der Waals surface area contributed by atoms with Gasteiger partial charge in [-0.15, -0.1) is 11.3 Å². The molecule has 33 heavy (non-hydrogen) atoms. The van der Waals surface area contributed by atoms with E-state index < -0.39 is 16.8 Å². The van der Waals surface area contributed by atoms with Crippen LogP contribution in [0.25, 0.3) is 0 Å². The van der Waals surface area contributed by atoms with Crippen molar-refractivity contribution in [1.82, 2.24) is 4.90 Å². The number of nitrogens with zero attached hydrogens (tertiary/aromatic N) is 1. The van der Waals surface area contributed by atoms with E-state index in [-0.39, 0.29) is 10.8 Å². The fraction of sp³-hybridized carbons (Fsp3) is 0.478. The summed E-state index contributed by atoms with van der Waals surface area (Å²) in [5.74, 6) is -0.763. The molecule has 0 radical (unpaired) electrons. The molecule has 1 aromatic carbocycles. The maximum absolute atomic E-state index is 12.8. The Kier molecular flexibility index (Phi) is 6.67. The summed E-state index contributed by atoms with van der Waals surface area (Å²) in [5.41, 5.74) is 2.51. The van der Waals surface area contributed by atoms with Gasteiger partial charge in [0, 0.05) is 37.9 Å². The summed E-state index contributed by atoms with van der Waals surface area (Å²) in [4.78, 5) is 27.0. The molecule has 1 atom stereocenters. The first-order chi connectivity index (χ1) is 15.7. The van der Waals surface area contributed by atoms with E-state index in [0.29, 0.717) is 30.5 Å². The number of Topliss-reactive ketones (excluding diaryl/α,β-unsaturated/α-hetero) is 1. The van der Waals surface area contributed by atoms with Gasteiger partial charge < -0.3 is 19.3 Å². The summed E-state index contributed by atoms with van der Waals surface area (Å²) in [6, 6.07) is 6.89. The smallest absolute Gasteiger partial charge is 0.455 e. The maximum atomic E-state index is 12.8. The topological polar surface area (TPSA) is 60.3 Å². The van der Waals surface area contributed by atoms with E-state index in [1.165, 1.54) is 22.1 Å². The Hall–Kier alpha value is -2.59. The lowest BCUT2D eigenvalue weighted by Crippen LogP contribution is -3.15. The van der Waals surface area contributed by atoms with E-state index in [9.17, 15) is 22.8 Å². The molecule has 1 N–H and O–H groups in total. The molecule has 10 heteroatoms. The van der Waals surface area contributed by atoms with Crippen LogP contribution in [0.3, 0.4) is 0 Å². The van der Waals surface area contributed by atoms with Crippen LogP contribution in [0.1, 0.15) is 43.3 Å². The van der Waals surface area contributed by atoms with Crippen molar-refractivity contribution in [3.8, 4) is 11.5 Å². The summed E-state index contributed by atoms with van der Waals surface area (Å²) in [5, 5.41) is 0. The van der Waals surface area contributed by atoms with Gasteiger partial charge in [-0.3, -0.25) is 9.59 Å². The third kappa shape index (κ3) is 4.86. The Balaban J connectivity index is 1.36. The second-order valence-corrected chi connectivity index (χ2v) is 9.45. The van der Waals surface area contributed by atoms with Crippen molar-refractivity contribution >= 4 is 23.0 Å². The molecule has 0 aliphatic carbocycles. The molecule has 178 valence electrons. The number of piperidine rings is 1. The molecule has 1 fully saturated rings. The summed E-state index contributed by atoms with van der Waals surface area (Å²) in [6.45, 7) is 2.97. The highest BCUT2D eigenvalue weighted by atomic mass is 32.1. The van der Waals surface area contributed by atoms with Crippen molar-refractivity contribution in [3.05, 3.63) is 45.1 Å². The number of nitrogens with one attached hydrogen (secondary N) is 1. The van der Waals surface area contributed by atoms with Crippen LogP contribution in [0.4, 0.5) is 13.2 Å². The highest BCUT2D eigenvalue weighted by molar-refractivity contribution is 7.16. The molecule has 2 aliphatic heterocycles. The minimum absolute atomic E-state index is 0.168. The van der Waals surface area contributed by atoms with Crippen molar-refractivity contribution in [3.63, 3.8) is 0 Å². The number of likely N-dealkylation sites (tertiary alicyclic amines) is 1. The van der Waals surface area contributed by atoms with Gasteiger partial charge in [-0.2, -0.15) is 13.2 Å². The lowest BCUT2D eigenvalue weighted by Gasteiger charge is -2.38. The normalized spacial score (nSPS) is 19.2. The number of hydrogen-bond donors (Lipinski definition) is 1. The number of methoxy groups -OCH3 is 2. The van der Waals surface area contributed by atoms with Gasteiger partial charge >= 0.3 is 6.18 Å². The van der Waals surface area contributed by atoms with E-state index in [4.69, 9.17) is 9.47 Å². The van der Waals surface area contributed by atoms with Crippen molar-refractivity contribution < 1.29 is 37.1 Å². The number of quaternary nitrogens is 1. The fourth-order valence-corrected chi connectivity index (χ4v) is 5.63. The van der Waals surface area contributed by atoms with Crippen LogP contribution in [0, 0.1) is 0 Å². The van der Waals surface area contributed by atoms with Gasteiger partial charge in [0.2, 0.25) is 0 Å². The number of amides is 1. The van der Waals surface area contributed by atoms with Crippen LogP contribution in [0.15, 0.2) is 24.3 Å². The highest BCUT2D eigenvalue weighted by Gasteiger charge is 2.40. The first-order valence-corrected chi connectivity index (χ1v) is 11.6. The molecule has 1 unspecified atom stereocenters. The minimum atomic E-state index is -4.94. The van der Waals surface area contributed by atoms with Crippen LogP contribution < -0.4 is 14.4 Å². The molecule has 1 amide bonds. The van der Waals surface area contributed by atoms with Crippen LogP contribution in [0.2, 0.25) is 0 Å². The molecule has 0 saturated carbocycles. The van der Waals surface area contributed by atoms with E-state index in [2.05, 4.69) is 0 Å². The van der Waals surface area contributed by atoms with E-state index in [0.717, 1.165) is 49.9 Å². The van der Waals surface area contributed by atoms with Gasteiger partial charge in [0.05, 0.1) is 36.6 Å². The summed E-state index contributed by atoms with van der Waals surface area (Å²) < 4.78 is 48.8. The van der Waals surface area contributed by atoms with Gasteiger partial charge in [-0.1, -0.05) is 0 Å². The predicted molar refractivity (Wildman–Crippen MR) is 116 cm³/mol. The average molecular weight is 484 g/mol. The highest BCUT2D eigenvalue weighted by Crippen LogP contribution is 2.32. The van der Waals surface area contributed by atoms with Gasteiger partial charge in [0.15, 0.2) is 11.5 Å². The molecule has 2 aromatic rings. The maximum Gasteiger partial charge on any atom is 0.455 e. The van der Waals surface area contributed by atoms with Gasteiger partial charge in [0.25, 0.3) is 11.7 Å². The summed E-state index contributed by atoms with van der Waals surface area (Å²) in [6.07, 6.45) is -2.35. The standard InChI is InChI=1S/C23H25F3N2O4S/c1-31-17-11-14-5-8-28(13-15(14)12-18(17)32-2)16-6-9-27(10-7-16)22(30)20-4-3-19(33-20)21(29)23(24,25)26/h3-4,11-12,16H,5-10,13H2,1-2H3/p+1. The number of ether oxygens (including phenoxy) is 2. The van der Waals surface area contributed by atoms with E-state index in [1.807, 2.05) is 12.1 Å². The molecule has 6 nitrogen and oxygen atoms in total. The number of rotatable bonds is 5. The van der Waals surface area contributed by atoms with Crippen LogP contribution >= 0.6 is 11.3 Å². The first kappa shape index (κ1) is 23.6. The van der Waals surface area contributed by atoms with Crippen molar-refractivity contribution in [2.24, 2.45) is 0 Å². The van der Waals surface area contributed by atoms with E-state index >= 15 is 0 Å². The lowest BCUT2D eigenvalue weighted by atomic mass is 9.95. The molecule has 2 aliphatic rings. The number of carbonyl (C=O) groups excluding carboxylic acids is 2. The molecule has 3 heterocycles. The van der Waals surface area contributed by atoms with Gasteiger partial charge in [-0.25, -0.2) is 0 Å². The minimum Gasteiger partial charge on any atom is -0.493 e. The number of alkyl halides is 3. The third-order valence-electron chi connectivity index (χ3n) is 6.50. The van der Waals surface area contributed by atoms with Crippen molar-refractivity contribution in [1.29, 1.82) is 0 Å². The Morgan fingerprint density at radius 2 is 1.64 bits per heavy atom. The zero-order valence-electron chi connectivity index (χ0n) is 18.5. The number of thiophene rings is 1. The van der Waals surface area contributed by atoms with Crippen LogP contribution in [-0.2, 0) is 13.0 Å².